The number of carbonyl (C=O) groups is 1. The van der Waals surface area contributed by atoms with E-state index in [1.54, 1.807) is 12.1 Å². The molecule has 0 amide bonds. The molecule has 1 aromatic heterocycles. The maximum atomic E-state index is 12.5. The second-order valence-electron chi connectivity index (χ2n) is 4.71. The lowest BCUT2D eigenvalue weighted by molar-refractivity contribution is -0.0328. The van der Waals surface area contributed by atoms with Crippen molar-refractivity contribution in [1.29, 1.82) is 0 Å². The van der Waals surface area contributed by atoms with E-state index in [0.29, 0.717) is 24.1 Å². The Morgan fingerprint density at radius 3 is 2.62 bits per heavy atom. The highest BCUT2D eigenvalue weighted by molar-refractivity contribution is 8.00. The molecule has 1 aliphatic carbocycles. The molecule has 6 heteroatoms. The SMILES string of the molecule is O=C1c2cc(SC(F)(F)F)ccc2CCc2cccnc21. The Morgan fingerprint density at radius 1 is 1.10 bits per heavy atom. The number of ketones is 1. The molecule has 3 rings (SSSR count). The first-order valence-electron chi connectivity index (χ1n) is 6.31. The van der Waals surface area contributed by atoms with E-state index in [-0.39, 0.29) is 22.4 Å². The molecule has 0 radical (unpaired) electrons. The Kier molecular flexibility index (Phi) is 3.49. The summed E-state index contributed by atoms with van der Waals surface area (Å²) in [6.45, 7) is 0. The fourth-order valence-corrected chi connectivity index (χ4v) is 3.00. The standard InChI is InChI=1S/C15H10F3NOS/c16-15(17,18)21-11-6-5-9-3-4-10-2-1-7-19-13(10)14(20)12(9)8-11/h1-2,5-8H,3-4H2. The first-order chi connectivity index (χ1) is 9.94. The van der Waals surface area contributed by atoms with Crippen LogP contribution in [0.4, 0.5) is 13.2 Å². The normalized spacial score (nSPS) is 14.3. The fourth-order valence-electron chi connectivity index (χ4n) is 2.42. The molecule has 2 aromatic rings. The number of aryl methyl sites for hydroxylation is 2. The number of hydrogen-bond acceptors (Lipinski definition) is 3. The van der Waals surface area contributed by atoms with E-state index in [1.165, 1.54) is 18.3 Å². The maximum absolute atomic E-state index is 12.5. The number of fused-ring (bicyclic) bond motifs is 2. The first kappa shape index (κ1) is 14.1. The van der Waals surface area contributed by atoms with Gasteiger partial charge in [0.15, 0.2) is 0 Å². The van der Waals surface area contributed by atoms with Gasteiger partial charge in [-0.1, -0.05) is 12.1 Å². The number of rotatable bonds is 1. The van der Waals surface area contributed by atoms with Crippen molar-refractivity contribution in [2.75, 3.05) is 0 Å². The van der Waals surface area contributed by atoms with Crippen molar-refractivity contribution < 1.29 is 18.0 Å². The van der Waals surface area contributed by atoms with Crippen molar-refractivity contribution in [2.45, 2.75) is 23.2 Å². The van der Waals surface area contributed by atoms with E-state index in [4.69, 9.17) is 0 Å². The largest absolute Gasteiger partial charge is 0.446 e. The lowest BCUT2D eigenvalue weighted by Crippen LogP contribution is -2.07. The van der Waals surface area contributed by atoms with Crippen LogP contribution >= 0.6 is 11.8 Å². The van der Waals surface area contributed by atoms with E-state index in [0.717, 1.165) is 11.1 Å². The van der Waals surface area contributed by atoms with E-state index in [9.17, 15) is 18.0 Å². The Hall–Kier alpha value is -1.82. The Labute approximate surface area is 123 Å². The third kappa shape index (κ3) is 2.95. The molecular formula is C15H10F3NOS. The van der Waals surface area contributed by atoms with Crippen molar-refractivity contribution in [3.63, 3.8) is 0 Å². The van der Waals surface area contributed by atoms with Gasteiger partial charge >= 0.3 is 5.51 Å². The topological polar surface area (TPSA) is 30.0 Å². The number of carbonyl (C=O) groups excluding carboxylic acids is 1. The van der Waals surface area contributed by atoms with E-state index in [1.807, 2.05) is 6.07 Å². The molecule has 2 nitrogen and oxygen atoms in total. The van der Waals surface area contributed by atoms with Crippen molar-refractivity contribution in [3.8, 4) is 0 Å². The van der Waals surface area contributed by atoms with Crippen LogP contribution in [0.25, 0.3) is 0 Å². The molecule has 0 saturated carbocycles. The van der Waals surface area contributed by atoms with Crippen LogP contribution in [0.5, 0.6) is 0 Å². The highest BCUT2D eigenvalue weighted by Gasteiger charge is 2.30. The molecule has 1 heterocycles. The summed E-state index contributed by atoms with van der Waals surface area (Å²) in [6, 6.07) is 7.92. The van der Waals surface area contributed by atoms with Crippen LogP contribution < -0.4 is 0 Å². The van der Waals surface area contributed by atoms with Gasteiger partial charge in [0.25, 0.3) is 0 Å². The number of aromatic nitrogens is 1. The van der Waals surface area contributed by atoms with Crippen LogP contribution in [0, 0.1) is 0 Å². The van der Waals surface area contributed by atoms with Gasteiger partial charge in [0.2, 0.25) is 5.78 Å². The first-order valence-corrected chi connectivity index (χ1v) is 7.13. The minimum absolute atomic E-state index is 0.0222. The predicted molar refractivity (Wildman–Crippen MR) is 73.4 cm³/mol. The van der Waals surface area contributed by atoms with Gasteiger partial charge in [-0.25, -0.2) is 0 Å². The third-order valence-corrected chi connectivity index (χ3v) is 4.05. The minimum Gasteiger partial charge on any atom is -0.287 e. The summed E-state index contributed by atoms with van der Waals surface area (Å²) in [6.07, 6.45) is 2.81. The molecule has 0 aliphatic heterocycles. The number of pyridine rings is 1. The summed E-state index contributed by atoms with van der Waals surface area (Å²) >= 11 is -0.209. The number of thioether (sulfide) groups is 1. The maximum Gasteiger partial charge on any atom is 0.446 e. The Morgan fingerprint density at radius 2 is 1.86 bits per heavy atom. The van der Waals surface area contributed by atoms with E-state index < -0.39 is 5.51 Å². The molecule has 0 spiro atoms. The van der Waals surface area contributed by atoms with Gasteiger partial charge < -0.3 is 0 Å². The number of halogens is 3. The predicted octanol–water partition coefficient (Wildman–Crippen LogP) is 4.02. The smallest absolute Gasteiger partial charge is 0.287 e. The van der Waals surface area contributed by atoms with Gasteiger partial charge in [0, 0.05) is 16.7 Å². The van der Waals surface area contributed by atoms with Gasteiger partial charge in [-0.3, -0.25) is 9.78 Å². The molecule has 0 N–H and O–H groups in total. The molecule has 1 aromatic carbocycles. The summed E-state index contributed by atoms with van der Waals surface area (Å²) in [5.74, 6) is -0.303. The van der Waals surface area contributed by atoms with Gasteiger partial charge in [-0.2, -0.15) is 13.2 Å². The van der Waals surface area contributed by atoms with Crippen molar-refractivity contribution >= 4 is 17.5 Å². The number of benzene rings is 1. The molecular weight excluding hydrogens is 299 g/mol. The number of alkyl halides is 3. The summed E-state index contributed by atoms with van der Waals surface area (Å²) in [5, 5.41) is 0. The fraction of sp³-hybridized carbons (Fsp3) is 0.200. The Balaban J connectivity index is 2.05. The quantitative estimate of drug-likeness (QED) is 0.745. The Bertz CT molecular complexity index is 712. The van der Waals surface area contributed by atoms with Crippen LogP contribution in [-0.2, 0) is 12.8 Å². The zero-order valence-corrected chi connectivity index (χ0v) is 11.6. The zero-order valence-electron chi connectivity index (χ0n) is 10.8. The van der Waals surface area contributed by atoms with Crippen LogP contribution in [0.15, 0.2) is 41.4 Å². The lowest BCUT2D eigenvalue weighted by Gasteiger charge is -2.09. The molecule has 21 heavy (non-hydrogen) atoms. The van der Waals surface area contributed by atoms with Crippen LogP contribution in [-0.4, -0.2) is 16.3 Å². The van der Waals surface area contributed by atoms with Crippen LogP contribution in [0.1, 0.15) is 27.2 Å². The van der Waals surface area contributed by atoms with Crippen molar-refractivity contribution in [3.05, 3.63) is 58.9 Å². The van der Waals surface area contributed by atoms with Gasteiger partial charge in [0.05, 0.1) is 0 Å². The number of hydrogen-bond donors (Lipinski definition) is 0. The van der Waals surface area contributed by atoms with Gasteiger partial charge in [0.1, 0.15) is 5.69 Å². The molecule has 108 valence electrons. The molecule has 1 aliphatic rings. The lowest BCUT2D eigenvalue weighted by atomic mass is 10.0. The van der Waals surface area contributed by atoms with E-state index >= 15 is 0 Å². The second kappa shape index (κ2) is 5.18. The zero-order chi connectivity index (χ0) is 15.0. The average molecular weight is 309 g/mol. The summed E-state index contributed by atoms with van der Waals surface area (Å²) < 4.78 is 37.4. The highest BCUT2D eigenvalue weighted by atomic mass is 32.2. The highest BCUT2D eigenvalue weighted by Crippen LogP contribution is 2.38. The van der Waals surface area contributed by atoms with Crippen molar-refractivity contribution in [1.82, 2.24) is 4.98 Å². The minimum atomic E-state index is -4.36. The summed E-state index contributed by atoms with van der Waals surface area (Å²) in [4.78, 5) is 16.6. The molecule has 0 saturated heterocycles. The summed E-state index contributed by atoms with van der Waals surface area (Å²) in [7, 11) is 0. The second-order valence-corrected chi connectivity index (χ2v) is 5.85. The number of nitrogens with zero attached hydrogens (tertiary/aromatic N) is 1. The monoisotopic (exact) mass is 309 g/mol. The molecule has 0 fully saturated rings. The van der Waals surface area contributed by atoms with Crippen LogP contribution in [0.2, 0.25) is 0 Å². The molecule has 0 bridgehead atoms. The van der Waals surface area contributed by atoms with Crippen molar-refractivity contribution in [2.24, 2.45) is 0 Å². The molecule has 0 unspecified atom stereocenters. The average Bonchev–Trinajstić information content (AvgIpc) is 2.56. The summed E-state index contributed by atoms with van der Waals surface area (Å²) in [5.41, 5.74) is -2.10. The van der Waals surface area contributed by atoms with E-state index in [2.05, 4.69) is 4.98 Å². The van der Waals surface area contributed by atoms with Gasteiger partial charge in [-0.15, -0.1) is 0 Å². The van der Waals surface area contributed by atoms with Gasteiger partial charge in [-0.05, 0) is 53.9 Å². The van der Waals surface area contributed by atoms with Crippen LogP contribution in [0.3, 0.4) is 0 Å². The third-order valence-electron chi connectivity index (χ3n) is 3.33. The molecule has 0 atom stereocenters.